The van der Waals surface area contributed by atoms with E-state index in [0.29, 0.717) is 13.0 Å². The molecule has 0 aromatic rings. The molecule has 1 amide bonds. The van der Waals surface area contributed by atoms with Crippen LogP contribution in [0.15, 0.2) is 0 Å². The third kappa shape index (κ3) is 1.55. The number of fused-ring (bicyclic) bond motifs is 1. The smallest absolute Gasteiger partial charge is 0.294 e. The van der Waals surface area contributed by atoms with Crippen LogP contribution in [0.5, 0.6) is 0 Å². The van der Waals surface area contributed by atoms with Crippen LogP contribution < -0.4 is 0 Å². The van der Waals surface area contributed by atoms with E-state index < -0.39 is 5.09 Å². The number of amides is 1. The highest BCUT2D eigenvalue weighted by Crippen LogP contribution is 2.39. The summed E-state index contributed by atoms with van der Waals surface area (Å²) in [5.74, 6) is 0.140. The summed E-state index contributed by atoms with van der Waals surface area (Å²) in [6.45, 7) is 0.667. The third-order valence-corrected chi connectivity index (χ3v) is 3.54. The largest absolute Gasteiger partial charge is 0.329 e. The molecule has 0 aliphatic carbocycles. The van der Waals surface area contributed by atoms with Crippen molar-refractivity contribution >= 4 is 17.7 Å². The van der Waals surface area contributed by atoms with Gasteiger partial charge in [-0.05, 0) is 0 Å². The zero-order valence-corrected chi connectivity index (χ0v) is 7.53. The van der Waals surface area contributed by atoms with Gasteiger partial charge in [0.05, 0.1) is 11.8 Å². The topological polar surface area (TPSA) is 72.7 Å². The summed E-state index contributed by atoms with van der Waals surface area (Å²) in [5, 5.41) is 9.40. The monoisotopic (exact) mass is 204 g/mol. The molecule has 1 unspecified atom stereocenters. The Morgan fingerprint density at radius 3 is 3.08 bits per heavy atom. The van der Waals surface area contributed by atoms with Crippen molar-refractivity contribution in [2.24, 2.45) is 0 Å². The minimum absolute atomic E-state index is 0.0573. The summed E-state index contributed by atoms with van der Waals surface area (Å²) >= 11 is 1.58. The number of carbonyl (C=O) groups excluding carboxylic acids is 1. The lowest BCUT2D eigenvalue weighted by Crippen LogP contribution is -2.47. The molecule has 2 fully saturated rings. The molecular weight excluding hydrogens is 196 g/mol. The first-order valence-corrected chi connectivity index (χ1v) is 4.83. The van der Waals surface area contributed by atoms with Crippen LogP contribution in [0.2, 0.25) is 0 Å². The van der Waals surface area contributed by atoms with Crippen molar-refractivity contribution in [3.63, 3.8) is 0 Å². The third-order valence-electron chi connectivity index (χ3n) is 2.13. The van der Waals surface area contributed by atoms with Crippen molar-refractivity contribution in [2.75, 3.05) is 13.2 Å². The maximum atomic E-state index is 10.9. The number of thioether (sulfide) groups is 1. The second kappa shape index (κ2) is 3.06. The predicted octanol–water partition coefficient (Wildman–Crippen LogP) is -0.131. The van der Waals surface area contributed by atoms with E-state index in [4.69, 9.17) is 0 Å². The van der Waals surface area contributed by atoms with Crippen molar-refractivity contribution in [1.82, 2.24) is 4.90 Å². The summed E-state index contributed by atoms with van der Waals surface area (Å²) in [7, 11) is 0. The average Bonchev–Trinajstić information content (AvgIpc) is 2.39. The SMILES string of the molecule is O=C1C[C@@H]2SC(CO[N+](=O)[O-])CN12. The van der Waals surface area contributed by atoms with Gasteiger partial charge < -0.3 is 9.74 Å². The molecule has 2 aliphatic rings. The summed E-state index contributed by atoms with van der Waals surface area (Å²) in [5.41, 5.74) is 0. The Bertz CT molecular complexity index is 259. The number of rotatable bonds is 3. The highest BCUT2D eigenvalue weighted by Gasteiger charge is 2.44. The fourth-order valence-corrected chi connectivity index (χ4v) is 2.91. The second-order valence-electron chi connectivity index (χ2n) is 2.98. The van der Waals surface area contributed by atoms with Gasteiger partial charge in [-0.2, -0.15) is 0 Å². The second-order valence-corrected chi connectivity index (χ2v) is 4.47. The van der Waals surface area contributed by atoms with E-state index in [0.717, 1.165) is 0 Å². The lowest BCUT2D eigenvalue weighted by Gasteiger charge is -2.32. The lowest BCUT2D eigenvalue weighted by molar-refractivity contribution is -0.757. The molecule has 2 heterocycles. The van der Waals surface area contributed by atoms with E-state index in [1.165, 1.54) is 0 Å². The minimum atomic E-state index is -0.794. The highest BCUT2D eigenvalue weighted by molar-refractivity contribution is 8.00. The fourth-order valence-electron chi connectivity index (χ4n) is 1.49. The quantitative estimate of drug-likeness (QED) is 0.363. The van der Waals surface area contributed by atoms with Gasteiger partial charge >= 0.3 is 0 Å². The van der Waals surface area contributed by atoms with E-state index in [9.17, 15) is 14.9 Å². The van der Waals surface area contributed by atoms with Crippen LogP contribution in [-0.2, 0) is 9.63 Å². The van der Waals surface area contributed by atoms with Crippen molar-refractivity contribution in [2.45, 2.75) is 17.0 Å². The Morgan fingerprint density at radius 2 is 2.54 bits per heavy atom. The van der Waals surface area contributed by atoms with Crippen molar-refractivity contribution < 1.29 is 14.7 Å². The molecule has 0 aromatic heterocycles. The lowest BCUT2D eigenvalue weighted by atomic mass is 10.2. The van der Waals surface area contributed by atoms with Crippen LogP contribution in [0.1, 0.15) is 6.42 Å². The van der Waals surface area contributed by atoms with Crippen LogP contribution in [-0.4, -0.2) is 39.7 Å². The molecule has 7 heteroatoms. The number of hydrogen-bond donors (Lipinski definition) is 0. The molecule has 0 N–H and O–H groups in total. The van der Waals surface area contributed by atoms with Gasteiger partial charge in [0.15, 0.2) is 0 Å². The molecule has 72 valence electrons. The molecule has 2 saturated heterocycles. The van der Waals surface area contributed by atoms with E-state index >= 15 is 0 Å². The van der Waals surface area contributed by atoms with Crippen LogP contribution in [0.4, 0.5) is 0 Å². The number of carbonyl (C=O) groups is 1. The van der Waals surface area contributed by atoms with Crippen LogP contribution in [0.25, 0.3) is 0 Å². The molecule has 0 aromatic carbocycles. The van der Waals surface area contributed by atoms with Gasteiger partial charge in [-0.15, -0.1) is 21.9 Å². The first-order valence-electron chi connectivity index (χ1n) is 3.89. The Labute approximate surface area is 78.3 Å². The van der Waals surface area contributed by atoms with Crippen LogP contribution in [0.3, 0.4) is 0 Å². The number of nitrogens with zero attached hydrogens (tertiary/aromatic N) is 2. The Morgan fingerprint density at radius 1 is 1.77 bits per heavy atom. The average molecular weight is 204 g/mol. The molecule has 2 rings (SSSR count). The number of β-lactam (4-membered cyclic amide) rings is 1. The van der Waals surface area contributed by atoms with Crippen LogP contribution >= 0.6 is 11.8 Å². The Kier molecular flexibility index (Phi) is 2.03. The summed E-state index contributed by atoms with van der Waals surface area (Å²) in [6.07, 6.45) is 0.569. The predicted molar refractivity (Wildman–Crippen MR) is 44.4 cm³/mol. The molecule has 13 heavy (non-hydrogen) atoms. The van der Waals surface area contributed by atoms with E-state index in [-0.39, 0.29) is 23.1 Å². The van der Waals surface area contributed by atoms with Gasteiger partial charge in [-0.3, -0.25) is 4.79 Å². The summed E-state index contributed by atoms with van der Waals surface area (Å²) in [4.78, 5) is 26.8. The van der Waals surface area contributed by atoms with Crippen molar-refractivity contribution in [3.8, 4) is 0 Å². The Hall–Kier alpha value is -0.980. The fraction of sp³-hybridized carbons (Fsp3) is 0.833. The molecule has 0 radical (unpaired) electrons. The molecule has 2 aliphatic heterocycles. The molecule has 0 spiro atoms. The van der Waals surface area contributed by atoms with E-state index in [1.54, 1.807) is 16.7 Å². The van der Waals surface area contributed by atoms with Crippen molar-refractivity contribution in [1.29, 1.82) is 0 Å². The van der Waals surface area contributed by atoms with Gasteiger partial charge in [0.1, 0.15) is 6.61 Å². The normalized spacial score (nSPS) is 31.1. The summed E-state index contributed by atoms with van der Waals surface area (Å²) in [6, 6.07) is 0. The molecule has 0 saturated carbocycles. The maximum absolute atomic E-state index is 10.9. The van der Waals surface area contributed by atoms with Gasteiger partial charge in [0.2, 0.25) is 5.91 Å². The number of hydrogen-bond acceptors (Lipinski definition) is 5. The first-order chi connectivity index (χ1) is 6.16. The van der Waals surface area contributed by atoms with Gasteiger partial charge in [0, 0.05) is 11.8 Å². The maximum Gasteiger partial charge on any atom is 0.294 e. The summed E-state index contributed by atoms with van der Waals surface area (Å²) < 4.78 is 0. The van der Waals surface area contributed by atoms with E-state index in [2.05, 4.69) is 4.84 Å². The Balaban J connectivity index is 1.78. The van der Waals surface area contributed by atoms with Crippen LogP contribution in [0, 0.1) is 10.1 Å². The van der Waals surface area contributed by atoms with E-state index in [1.807, 2.05) is 0 Å². The van der Waals surface area contributed by atoms with Gasteiger partial charge in [0.25, 0.3) is 5.09 Å². The highest BCUT2D eigenvalue weighted by atomic mass is 32.2. The van der Waals surface area contributed by atoms with Crippen molar-refractivity contribution in [3.05, 3.63) is 10.1 Å². The van der Waals surface area contributed by atoms with Gasteiger partial charge in [-0.1, -0.05) is 0 Å². The first kappa shape index (κ1) is 8.61. The minimum Gasteiger partial charge on any atom is -0.329 e. The molecule has 6 nitrogen and oxygen atoms in total. The molecule has 0 bridgehead atoms. The molecular formula is C6H8N2O4S. The standard InChI is InChI=1S/C6H8N2O4S/c9-5-1-6-7(5)2-4(13-6)3-12-8(10)11/h4,6H,1-3H2/t4?,6-/m0/s1. The zero-order chi connectivity index (χ0) is 9.42. The zero-order valence-electron chi connectivity index (χ0n) is 6.71. The van der Waals surface area contributed by atoms with Gasteiger partial charge in [-0.25, -0.2) is 0 Å². The molecule has 2 atom stereocenters.